The average Bonchev–Trinajstić information content (AvgIpc) is 2.28. The van der Waals surface area contributed by atoms with Gasteiger partial charge in [-0.15, -0.1) is 0 Å². The van der Waals surface area contributed by atoms with E-state index in [1.54, 1.807) is 18.2 Å². The summed E-state index contributed by atoms with van der Waals surface area (Å²) in [5, 5.41) is 0. The molecule has 0 heterocycles. The Labute approximate surface area is 103 Å². The van der Waals surface area contributed by atoms with Gasteiger partial charge in [0.2, 0.25) is 0 Å². The third-order valence-corrected chi connectivity index (χ3v) is 3.60. The van der Waals surface area contributed by atoms with E-state index in [9.17, 15) is 8.42 Å². The van der Waals surface area contributed by atoms with Crippen LogP contribution in [0.2, 0.25) is 0 Å². The Kier molecular flexibility index (Phi) is 5.61. The smallest absolute Gasteiger partial charge is 0.294 e. The normalized spacial score (nSPS) is 11.6. The van der Waals surface area contributed by atoms with Crippen LogP contribution in [0, 0.1) is 0 Å². The summed E-state index contributed by atoms with van der Waals surface area (Å²) in [4.78, 5) is 0.0267. The van der Waals surface area contributed by atoms with Gasteiger partial charge in [-0.3, -0.25) is 4.55 Å². The highest BCUT2D eigenvalue weighted by Crippen LogP contribution is 2.17. The highest BCUT2D eigenvalue weighted by atomic mass is 32.2. The number of nitrogens with two attached hydrogens (primary N) is 1. The van der Waals surface area contributed by atoms with Crippen LogP contribution in [-0.2, 0) is 16.5 Å². The molecular formula is C12H19NO3S. The van der Waals surface area contributed by atoms with E-state index in [0.717, 1.165) is 25.7 Å². The number of rotatable bonds is 7. The van der Waals surface area contributed by atoms with E-state index in [1.165, 1.54) is 6.07 Å². The maximum absolute atomic E-state index is 11.1. The van der Waals surface area contributed by atoms with E-state index in [4.69, 9.17) is 10.3 Å². The summed E-state index contributed by atoms with van der Waals surface area (Å²) in [6.07, 6.45) is 4.66. The summed E-state index contributed by atoms with van der Waals surface area (Å²) >= 11 is 0. The number of hydrogen-bond acceptors (Lipinski definition) is 3. The monoisotopic (exact) mass is 257 g/mol. The van der Waals surface area contributed by atoms with Gasteiger partial charge in [-0.2, -0.15) is 8.42 Å². The number of hydrogen-bond donors (Lipinski definition) is 2. The van der Waals surface area contributed by atoms with Crippen molar-refractivity contribution < 1.29 is 13.0 Å². The van der Waals surface area contributed by atoms with E-state index in [-0.39, 0.29) is 4.90 Å². The van der Waals surface area contributed by atoms with Crippen molar-refractivity contribution in [2.75, 3.05) is 6.54 Å². The van der Waals surface area contributed by atoms with E-state index < -0.39 is 10.1 Å². The summed E-state index contributed by atoms with van der Waals surface area (Å²) < 4.78 is 31.3. The van der Waals surface area contributed by atoms with Crippen LogP contribution in [-0.4, -0.2) is 19.5 Å². The van der Waals surface area contributed by atoms with Crippen molar-refractivity contribution in [1.82, 2.24) is 0 Å². The molecule has 5 heteroatoms. The van der Waals surface area contributed by atoms with Gasteiger partial charge in [-0.1, -0.05) is 31.0 Å². The molecule has 4 nitrogen and oxygen atoms in total. The van der Waals surface area contributed by atoms with Crippen LogP contribution >= 0.6 is 0 Å². The first-order chi connectivity index (χ1) is 8.05. The molecule has 0 unspecified atom stereocenters. The second-order valence-electron chi connectivity index (χ2n) is 4.04. The molecule has 0 saturated carbocycles. The zero-order valence-corrected chi connectivity index (χ0v) is 10.6. The molecular weight excluding hydrogens is 238 g/mol. The maximum atomic E-state index is 11.1. The summed E-state index contributed by atoms with van der Waals surface area (Å²) in [7, 11) is -4.10. The van der Waals surface area contributed by atoms with Crippen molar-refractivity contribution in [3.63, 3.8) is 0 Å². The lowest BCUT2D eigenvalue weighted by Crippen LogP contribution is -2.03. The zero-order valence-electron chi connectivity index (χ0n) is 9.80. The first-order valence-electron chi connectivity index (χ1n) is 5.81. The SMILES string of the molecule is NCCCCCCc1ccccc1S(=O)(=O)O. The van der Waals surface area contributed by atoms with Crippen molar-refractivity contribution in [1.29, 1.82) is 0 Å². The quantitative estimate of drug-likeness (QED) is 0.578. The van der Waals surface area contributed by atoms with Crippen LogP contribution in [0.4, 0.5) is 0 Å². The molecule has 17 heavy (non-hydrogen) atoms. The van der Waals surface area contributed by atoms with E-state index in [2.05, 4.69) is 0 Å². The third kappa shape index (κ3) is 4.85. The number of aryl methyl sites for hydroxylation is 1. The Morgan fingerprint density at radius 3 is 2.35 bits per heavy atom. The second kappa shape index (κ2) is 6.74. The minimum absolute atomic E-state index is 0.0267. The Balaban J connectivity index is 2.59. The van der Waals surface area contributed by atoms with E-state index in [1.807, 2.05) is 0 Å². The first-order valence-corrected chi connectivity index (χ1v) is 7.25. The molecule has 1 aromatic carbocycles. The van der Waals surface area contributed by atoms with Gasteiger partial charge >= 0.3 is 0 Å². The summed E-state index contributed by atoms with van der Waals surface area (Å²) in [6, 6.07) is 6.57. The second-order valence-corrected chi connectivity index (χ2v) is 5.43. The summed E-state index contributed by atoms with van der Waals surface area (Å²) in [5.41, 5.74) is 6.07. The van der Waals surface area contributed by atoms with Crippen LogP contribution in [0.25, 0.3) is 0 Å². The van der Waals surface area contributed by atoms with Gasteiger partial charge in [-0.05, 0) is 37.4 Å². The average molecular weight is 257 g/mol. The van der Waals surface area contributed by atoms with Gasteiger partial charge in [0.05, 0.1) is 4.90 Å². The largest absolute Gasteiger partial charge is 0.330 e. The fraction of sp³-hybridized carbons (Fsp3) is 0.500. The van der Waals surface area contributed by atoms with Crippen molar-refractivity contribution in [3.8, 4) is 0 Å². The molecule has 0 atom stereocenters. The molecule has 0 amide bonds. The van der Waals surface area contributed by atoms with Crippen molar-refractivity contribution in [2.24, 2.45) is 5.73 Å². The van der Waals surface area contributed by atoms with Crippen molar-refractivity contribution in [2.45, 2.75) is 37.0 Å². The minimum Gasteiger partial charge on any atom is -0.330 e. The highest BCUT2D eigenvalue weighted by Gasteiger charge is 2.13. The van der Waals surface area contributed by atoms with Crippen LogP contribution in [0.5, 0.6) is 0 Å². The van der Waals surface area contributed by atoms with Crippen LogP contribution in [0.3, 0.4) is 0 Å². The maximum Gasteiger partial charge on any atom is 0.294 e. The molecule has 1 aromatic rings. The first kappa shape index (κ1) is 14.2. The standard InChI is InChI=1S/C12H19NO3S/c13-10-6-2-1-3-7-11-8-4-5-9-12(11)17(14,15)16/h4-5,8-9H,1-3,6-7,10,13H2,(H,14,15,16). The Morgan fingerprint density at radius 1 is 1.06 bits per heavy atom. The third-order valence-electron chi connectivity index (χ3n) is 2.65. The minimum atomic E-state index is -4.10. The number of benzene rings is 1. The van der Waals surface area contributed by atoms with Gasteiger partial charge < -0.3 is 5.73 Å². The lowest BCUT2D eigenvalue weighted by molar-refractivity contribution is 0.481. The van der Waals surface area contributed by atoms with Gasteiger partial charge in [-0.25, -0.2) is 0 Å². The van der Waals surface area contributed by atoms with Crippen LogP contribution in [0.15, 0.2) is 29.2 Å². The van der Waals surface area contributed by atoms with Gasteiger partial charge in [0, 0.05) is 0 Å². The van der Waals surface area contributed by atoms with Gasteiger partial charge in [0.1, 0.15) is 0 Å². The molecule has 1 rings (SSSR count). The summed E-state index contributed by atoms with van der Waals surface area (Å²) in [5.74, 6) is 0. The van der Waals surface area contributed by atoms with Gasteiger partial charge in [0.15, 0.2) is 0 Å². The fourth-order valence-corrected chi connectivity index (χ4v) is 2.53. The lowest BCUT2D eigenvalue weighted by atomic mass is 10.1. The van der Waals surface area contributed by atoms with Crippen molar-refractivity contribution >= 4 is 10.1 Å². The summed E-state index contributed by atoms with van der Waals surface area (Å²) in [6.45, 7) is 0.696. The number of unbranched alkanes of at least 4 members (excludes halogenated alkanes) is 3. The molecule has 3 N–H and O–H groups in total. The zero-order chi connectivity index (χ0) is 12.7. The molecule has 0 fully saturated rings. The molecule has 0 aliphatic carbocycles. The van der Waals surface area contributed by atoms with Gasteiger partial charge in [0.25, 0.3) is 10.1 Å². The molecule has 96 valence electrons. The highest BCUT2D eigenvalue weighted by molar-refractivity contribution is 7.85. The molecule has 0 aromatic heterocycles. The van der Waals surface area contributed by atoms with Crippen molar-refractivity contribution in [3.05, 3.63) is 29.8 Å². The predicted octanol–water partition coefficient (Wildman–Crippen LogP) is 1.99. The van der Waals surface area contributed by atoms with Crippen LogP contribution < -0.4 is 5.73 Å². The predicted molar refractivity (Wildman–Crippen MR) is 67.5 cm³/mol. The molecule has 0 aliphatic rings. The molecule has 0 spiro atoms. The molecule has 0 bridgehead atoms. The van der Waals surface area contributed by atoms with E-state index in [0.29, 0.717) is 18.5 Å². The fourth-order valence-electron chi connectivity index (χ4n) is 1.78. The van der Waals surface area contributed by atoms with E-state index >= 15 is 0 Å². The Morgan fingerprint density at radius 2 is 1.71 bits per heavy atom. The lowest BCUT2D eigenvalue weighted by Gasteiger charge is -2.06. The Hall–Kier alpha value is -0.910. The molecule has 0 saturated heterocycles. The topological polar surface area (TPSA) is 80.4 Å². The molecule has 0 radical (unpaired) electrons. The molecule has 0 aliphatic heterocycles. The van der Waals surface area contributed by atoms with Crippen LogP contribution in [0.1, 0.15) is 31.2 Å². The Bertz CT molecular complexity index is 443.